The van der Waals surface area contributed by atoms with Gasteiger partial charge in [-0.2, -0.15) is 0 Å². The molecule has 5 rings (SSSR count). The van der Waals surface area contributed by atoms with Gasteiger partial charge in [-0.05, 0) is 49.4 Å². The summed E-state index contributed by atoms with van der Waals surface area (Å²) < 4.78 is 11.5. The van der Waals surface area contributed by atoms with Gasteiger partial charge in [-0.25, -0.2) is 4.98 Å². The summed E-state index contributed by atoms with van der Waals surface area (Å²) in [5, 5.41) is 8.36. The molecule has 1 atom stereocenters. The molecule has 1 aliphatic heterocycles. The average molecular weight is 390 g/mol. The van der Waals surface area contributed by atoms with Crippen molar-refractivity contribution < 1.29 is 13.9 Å². The maximum atomic E-state index is 13.3. The Labute approximate surface area is 168 Å². The van der Waals surface area contributed by atoms with E-state index < -0.39 is 6.04 Å². The molecule has 1 fully saturated rings. The van der Waals surface area contributed by atoms with Crippen molar-refractivity contribution >= 4 is 5.91 Å². The third-order valence-corrected chi connectivity index (χ3v) is 5.53. The third-order valence-electron chi connectivity index (χ3n) is 5.53. The van der Waals surface area contributed by atoms with Crippen LogP contribution in [0.4, 0.5) is 0 Å². The smallest absolute Gasteiger partial charge is 0.273 e. The molecule has 1 saturated heterocycles. The largest absolute Gasteiger partial charge is 0.418 e. The SMILES string of the molecule is O=C(c1ccc2c(n1)CCCC2)N1CCOCC1c1nnc(-c2ccccc2)o1. The highest BCUT2D eigenvalue weighted by atomic mass is 16.5. The Balaban J connectivity index is 1.42. The molecule has 2 aromatic heterocycles. The zero-order chi connectivity index (χ0) is 19.6. The number of hydrogen-bond acceptors (Lipinski definition) is 6. The highest BCUT2D eigenvalue weighted by molar-refractivity contribution is 5.92. The van der Waals surface area contributed by atoms with E-state index in [2.05, 4.69) is 15.2 Å². The van der Waals surface area contributed by atoms with Gasteiger partial charge in [-0.3, -0.25) is 4.79 Å². The standard InChI is InChI=1S/C22H22N4O3/c27-22(18-11-10-15-6-4-5-9-17(15)23-18)26-12-13-28-14-19(26)21-25-24-20(29-21)16-7-2-1-3-8-16/h1-3,7-8,10-11,19H,4-6,9,12-14H2. The van der Waals surface area contributed by atoms with Gasteiger partial charge in [0.15, 0.2) is 0 Å². The van der Waals surface area contributed by atoms with E-state index in [0.717, 1.165) is 30.5 Å². The highest BCUT2D eigenvalue weighted by Gasteiger charge is 2.34. The van der Waals surface area contributed by atoms with Gasteiger partial charge >= 0.3 is 0 Å². The number of morpholine rings is 1. The first-order valence-corrected chi connectivity index (χ1v) is 10.1. The Bertz CT molecular complexity index is 1020. The summed E-state index contributed by atoms with van der Waals surface area (Å²) in [6.07, 6.45) is 4.30. The molecule has 3 heterocycles. The van der Waals surface area contributed by atoms with Crippen LogP contribution in [0.2, 0.25) is 0 Å². The number of aromatic nitrogens is 3. The molecule has 0 N–H and O–H groups in total. The third kappa shape index (κ3) is 3.53. The van der Waals surface area contributed by atoms with Crippen molar-refractivity contribution in [2.24, 2.45) is 0 Å². The molecule has 0 spiro atoms. The zero-order valence-electron chi connectivity index (χ0n) is 16.1. The Morgan fingerprint density at radius 3 is 2.79 bits per heavy atom. The predicted octanol–water partition coefficient (Wildman–Crippen LogP) is 3.22. The van der Waals surface area contributed by atoms with Crippen molar-refractivity contribution in [3.63, 3.8) is 0 Å². The molecule has 0 saturated carbocycles. The van der Waals surface area contributed by atoms with E-state index >= 15 is 0 Å². The van der Waals surface area contributed by atoms with Crippen LogP contribution in [-0.2, 0) is 17.6 Å². The first kappa shape index (κ1) is 18.0. The molecular formula is C22H22N4O3. The number of fused-ring (bicyclic) bond motifs is 1. The van der Waals surface area contributed by atoms with Crippen LogP contribution < -0.4 is 0 Å². The van der Waals surface area contributed by atoms with Gasteiger partial charge in [-0.1, -0.05) is 24.3 Å². The lowest BCUT2D eigenvalue weighted by molar-refractivity contribution is -0.0106. The minimum absolute atomic E-state index is 0.119. The summed E-state index contributed by atoms with van der Waals surface area (Å²) in [5.74, 6) is 0.700. The maximum absolute atomic E-state index is 13.3. The molecule has 0 bridgehead atoms. The summed E-state index contributed by atoms with van der Waals surface area (Å²) in [6.45, 7) is 1.27. The molecule has 0 radical (unpaired) electrons. The summed E-state index contributed by atoms with van der Waals surface area (Å²) in [5.41, 5.74) is 3.63. The molecule has 1 unspecified atom stereocenters. The van der Waals surface area contributed by atoms with Gasteiger partial charge in [0.1, 0.15) is 11.7 Å². The molecule has 148 valence electrons. The molecule has 7 heteroatoms. The monoisotopic (exact) mass is 390 g/mol. The fraction of sp³-hybridized carbons (Fsp3) is 0.364. The second-order valence-electron chi connectivity index (χ2n) is 7.41. The van der Waals surface area contributed by atoms with Crippen molar-refractivity contribution in [3.05, 3.63) is 65.3 Å². The van der Waals surface area contributed by atoms with E-state index in [0.29, 0.717) is 37.2 Å². The summed E-state index contributed by atoms with van der Waals surface area (Å²) in [4.78, 5) is 19.7. The number of rotatable bonds is 3. The second-order valence-corrected chi connectivity index (χ2v) is 7.41. The van der Waals surface area contributed by atoms with Crippen LogP contribution in [0.3, 0.4) is 0 Å². The van der Waals surface area contributed by atoms with Crippen LogP contribution in [0, 0.1) is 0 Å². The maximum Gasteiger partial charge on any atom is 0.273 e. The lowest BCUT2D eigenvalue weighted by Gasteiger charge is -2.33. The number of pyridine rings is 1. The van der Waals surface area contributed by atoms with Crippen LogP contribution >= 0.6 is 0 Å². The fourth-order valence-electron chi connectivity index (χ4n) is 3.97. The summed E-state index contributed by atoms with van der Waals surface area (Å²) >= 11 is 0. The van der Waals surface area contributed by atoms with E-state index in [1.54, 1.807) is 4.90 Å². The quantitative estimate of drug-likeness (QED) is 0.683. The number of amides is 1. The zero-order valence-corrected chi connectivity index (χ0v) is 16.1. The van der Waals surface area contributed by atoms with Gasteiger partial charge in [0, 0.05) is 17.8 Å². The molecule has 7 nitrogen and oxygen atoms in total. The first-order valence-electron chi connectivity index (χ1n) is 10.1. The van der Waals surface area contributed by atoms with Crippen molar-refractivity contribution in [1.82, 2.24) is 20.1 Å². The van der Waals surface area contributed by atoms with Crippen molar-refractivity contribution in [1.29, 1.82) is 0 Å². The fourth-order valence-corrected chi connectivity index (χ4v) is 3.97. The number of carbonyl (C=O) groups excluding carboxylic acids is 1. The predicted molar refractivity (Wildman–Crippen MR) is 105 cm³/mol. The average Bonchev–Trinajstić information content (AvgIpc) is 3.29. The van der Waals surface area contributed by atoms with E-state index in [1.807, 2.05) is 42.5 Å². The van der Waals surface area contributed by atoms with E-state index in [9.17, 15) is 4.79 Å². The Morgan fingerprint density at radius 2 is 1.90 bits per heavy atom. The normalized spacial score (nSPS) is 19.0. The van der Waals surface area contributed by atoms with Crippen LogP contribution in [0.15, 0.2) is 46.9 Å². The Kier molecular flexibility index (Phi) is 4.81. The van der Waals surface area contributed by atoms with E-state index in [-0.39, 0.29) is 5.91 Å². The van der Waals surface area contributed by atoms with Crippen molar-refractivity contribution in [3.8, 4) is 11.5 Å². The number of benzene rings is 1. The highest BCUT2D eigenvalue weighted by Crippen LogP contribution is 2.28. The van der Waals surface area contributed by atoms with Crippen molar-refractivity contribution in [2.45, 2.75) is 31.7 Å². The summed E-state index contributed by atoms with van der Waals surface area (Å²) in [7, 11) is 0. The number of hydrogen-bond donors (Lipinski definition) is 0. The molecule has 3 aromatic rings. The summed E-state index contributed by atoms with van der Waals surface area (Å²) in [6, 6.07) is 13.1. The van der Waals surface area contributed by atoms with Gasteiger partial charge in [0.05, 0.1) is 13.2 Å². The van der Waals surface area contributed by atoms with Gasteiger partial charge < -0.3 is 14.1 Å². The van der Waals surface area contributed by atoms with Gasteiger partial charge in [0.2, 0.25) is 11.8 Å². The molecule has 29 heavy (non-hydrogen) atoms. The topological polar surface area (TPSA) is 81.4 Å². The number of carbonyl (C=O) groups is 1. The van der Waals surface area contributed by atoms with Crippen LogP contribution in [-0.4, -0.2) is 45.7 Å². The van der Waals surface area contributed by atoms with E-state index in [4.69, 9.17) is 9.15 Å². The molecule has 1 amide bonds. The van der Waals surface area contributed by atoms with Crippen LogP contribution in [0.5, 0.6) is 0 Å². The minimum Gasteiger partial charge on any atom is -0.418 e. The molecular weight excluding hydrogens is 368 g/mol. The number of ether oxygens (including phenoxy) is 1. The lowest BCUT2D eigenvalue weighted by Crippen LogP contribution is -2.44. The van der Waals surface area contributed by atoms with Crippen LogP contribution in [0.25, 0.3) is 11.5 Å². The lowest BCUT2D eigenvalue weighted by atomic mass is 9.96. The molecule has 2 aliphatic rings. The Morgan fingerprint density at radius 1 is 1.03 bits per heavy atom. The number of nitrogens with zero attached hydrogens (tertiary/aromatic N) is 4. The Hall–Kier alpha value is -3.06. The van der Waals surface area contributed by atoms with Crippen molar-refractivity contribution in [2.75, 3.05) is 19.8 Å². The first-order chi connectivity index (χ1) is 14.3. The number of aryl methyl sites for hydroxylation is 2. The second kappa shape index (κ2) is 7.75. The molecule has 1 aliphatic carbocycles. The van der Waals surface area contributed by atoms with E-state index in [1.165, 1.54) is 12.0 Å². The van der Waals surface area contributed by atoms with Crippen LogP contribution in [0.1, 0.15) is 46.5 Å². The minimum atomic E-state index is -0.418. The molecule has 1 aromatic carbocycles. The van der Waals surface area contributed by atoms with Gasteiger partial charge in [-0.15, -0.1) is 10.2 Å². The van der Waals surface area contributed by atoms with Gasteiger partial charge in [0.25, 0.3) is 5.91 Å².